The van der Waals surface area contributed by atoms with Gasteiger partial charge in [-0.1, -0.05) is 23.2 Å². The molecule has 0 spiro atoms. The fraction of sp³-hybridized carbons (Fsp3) is 0.583. The van der Waals surface area contributed by atoms with Crippen molar-refractivity contribution in [2.45, 2.75) is 43.9 Å². The van der Waals surface area contributed by atoms with Crippen LogP contribution >= 0.6 is 23.2 Å². The molecule has 2 atom stereocenters. The summed E-state index contributed by atoms with van der Waals surface area (Å²) in [5.41, 5.74) is 0.287. The second-order valence-corrected chi connectivity index (χ2v) is 5.84. The van der Waals surface area contributed by atoms with Gasteiger partial charge in [-0.3, -0.25) is 4.79 Å². The van der Waals surface area contributed by atoms with E-state index in [1.807, 2.05) is 4.90 Å². The minimum absolute atomic E-state index is 0.0694. The molecule has 7 heteroatoms. The lowest BCUT2D eigenvalue weighted by Gasteiger charge is -2.37. The van der Waals surface area contributed by atoms with Gasteiger partial charge in [0.1, 0.15) is 0 Å². The lowest BCUT2D eigenvalue weighted by molar-refractivity contribution is 0.0286. The summed E-state index contributed by atoms with van der Waals surface area (Å²) in [6.07, 6.45) is 2.81. The summed E-state index contributed by atoms with van der Waals surface area (Å²) in [6.45, 7) is 0. The molecule has 5 nitrogen and oxygen atoms in total. The Bertz CT molecular complexity index is 512. The lowest BCUT2D eigenvalue weighted by atomic mass is 9.99. The van der Waals surface area contributed by atoms with Crippen LogP contribution in [0.1, 0.15) is 36.0 Å². The van der Waals surface area contributed by atoms with Crippen LogP contribution in [0.15, 0.2) is 6.07 Å². The fourth-order valence-corrected chi connectivity index (χ4v) is 3.44. The van der Waals surface area contributed by atoms with E-state index in [1.54, 1.807) is 0 Å². The molecular formula is C12H13Cl2N3O2. The van der Waals surface area contributed by atoms with Crippen molar-refractivity contribution in [2.75, 3.05) is 0 Å². The minimum Gasteiger partial charge on any atom is -0.393 e. The van der Waals surface area contributed by atoms with E-state index in [-0.39, 0.29) is 40.0 Å². The number of aliphatic hydroxyl groups is 1. The summed E-state index contributed by atoms with van der Waals surface area (Å²) >= 11 is 11.7. The van der Waals surface area contributed by atoms with Crippen molar-refractivity contribution in [3.63, 3.8) is 0 Å². The van der Waals surface area contributed by atoms with Gasteiger partial charge < -0.3 is 10.0 Å². The van der Waals surface area contributed by atoms with Crippen LogP contribution in [0.2, 0.25) is 10.3 Å². The normalized spacial score (nSPS) is 29.6. The Hall–Kier alpha value is -0.910. The molecule has 0 aliphatic carbocycles. The van der Waals surface area contributed by atoms with Crippen molar-refractivity contribution in [1.29, 1.82) is 0 Å². The highest BCUT2D eigenvalue weighted by Gasteiger charge is 2.43. The highest BCUT2D eigenvalue weighted by atomic mass is 35.5. The molecule has 3 rings (SSSR count). The highest BCUT2D eigenvalue weighted by Crippen LogP contribution is 2.37. The van der Waals surface area contributed by atoms with E-state index in [9.17, 15) is 9.90 Å². The third-order valence-electron chi connectivity index (χ3n) is 3.89. The summed E-state index contributed by atoms with van der Waals surface area (Å²) in [6, 6.07) is 1.62. The van der Waals surface area contributed by atoms with Crippen molar-refractivity contribution < 1.29 is 9.90 Å². The number of amides is 1. The van der Waals surface area contributed by atoms with Gasteiger partial charge in [0.2, 0.25) is 0 Å². The first-order valence-corrected chi connectivity index (χ1v) is 7.01. The van der Waals surface area contributed by atoms with Crippen LogP contribution in [-0.4, -0.2) is 44.3 Å². The molecule has 2 saturated heterocycles. The summed E-state index contributed by atoms with van der Waals surface area (Å²) < 4.78 is 0. The lowest BCUT2D eigenvalue weighted by Crippen LogP contribution is -2.48. The molecule has 0 radical (unpaired) electrons. The monoisotopic (exact) mass is 301 g/mol. The molecule has 0 aromatic carbocycles. The van der Waals surface area contributed by atoms with E-state index < -0.39 is 0 Å². The Balaban J connectivity index is 1.90. The molecule has 1 N–H and O–H groups in total. The van der Waals surface area contributed by atoms with Gasteiger partial charge in [0, 0.05) is 12.1 Å². The van der Waals surface area contributed by atoms with E-state index in [1.165, 1.54) is 6.07 Å². The van der Waals surface area contributed by atoms with Crippen molar-refractivity contribution in [3.8, 4) is 0 Å². The molecule has 2 aliphatic heterocycles. The van der Waals surface area contributed by atoms with E-state index in [0.717, 1.165) is 12.8 Å². The fourth-order valence-electron chi connectivity index (χ4n) is 3.12. The number of carbonyl (C=O) groups excluding carboxylic acids is 1. The summed E-state index contributed by atoms with van der Waals surface area (Å²) in [5.74, 6) is -0.166. The van der Waals surface area contributed by atoms with Crippen LogP contribution in [0.5, 0.6) is 0 Å². The van der Waals surface area contributed by atoms with Crippen molar-refractivity contribution in [1.82, 2.24) is 15.1 Å². The first-order valence-electron chi connectivity index (χ1n) is 6.25. The zero-order valence-corrected chi connectivity index (χ0v) is 11.6. The third kappa shape index (κ3) is 2.30. The smallest absolute Gasteiger partial charge is 0.257 e. The average Bonchev–Trinajstić information content (AvgIpc) is 2.64. The van der Waals surface area contributed by atoms with Gasteiger partial charge in [-0.2, -0.15) is 0 Å². The predicted octanol–water partition coefficient (Wildman–Crippen LogP) is 1.91. The number of rotatable bonds is 1. The SMILES string of the molecule is O=C(c1cc(Cl)nnc1Cl)N1C2CCC1CC(O)C2. The van der Waals surface area contributed by atoms with Gasteiger partial charge in [0.15, 0.2) is 10.3 Å². The summed E-state index contributed by atoms with van der Waals surface area (Å²) in [4.78, 5) is 14.4. The Labute approximate surface area is 120 Å². The highest BCUT2D eigenvalue weighted by molar-refractivity contribution is 6.34. The molecule has 1 aromatic rings. The number of fused-ring (bicyclic) bond motifs is 2. The maximum absolute atomic E-state index is 12.6. The van der Waals surface area contributed by atoms with Crippen LogP contribution < -0.4 is 0 Å². The Morgan fingerprint density at radius 2 is 1.89 bits per heavy atom. The maximum Gasteiger partial charge on any atom is 0.257 e. The third-order valence-corrected chi connectivity index (χ3v) is 4.36. The van der Waals surface area contributed by atoms with Crippen molar-refractivity contribution in [3.05, 3.63) is 21.9 Å². The van der Waals surface area contributed by atoms with Crippen molar-refractivity contribution >= 4 is 29.1 Å². The van der Waals surface area contributed by atoms with Gasteiger partial charge in [-0.05, 0) is 31.7 Å². The van der Waals surface area contributed by atoms with Crippen LogP contribution in [0.4, 0.5) is 0 Å². The molecule has 19 heavy (non-hydrogen) atoms. The molecule has 1 amide bonds. The number of aromatic nitrogens is 2. The largest absolute Gasteiger partial charge is 0.393 e. The van der Waals surface area contributed by atoms with Gasteiger partial charge in [-0.15, -0.1) is 10.2 Å². The van der Waals surface area contributed by atoms with E-state index in [2.05, 4.69) is 10.2 Å². The second kappa shape index (κ2) is 4.89. The van der Waals surface area contributed by atoms with Gasteiger partial charge >= 0.3 is 0 Å². The summed E-state index contributed by atoms with van der Waals surface area (Å²) in [5, 5.41) is 17.2. The molecule has 2 fully saturated rings. The van der Waals surface area contributed by atoms with Crippen LogP contribution in [-0.2, 0) is 0 Å². The van der Waals surface area contributed by atoms with Crippen LogP contribution in [0.3, 0.4) is 0 Å². The topological polar surface area (TPSA) is 66.3 Å². The number of aliphatic hydroxyl groups excluding tert-OH is 1. The Kier molecular flexibility index (Phi) is 3.37. The van der Waals surface area contributed by atoms with Gasteiger partial charge in [0.25, 0.3) is 5.91 Å². The Morgan fingerprint density at radius 3 is 2.53 bits per heavy atom. The number of hydrogen-bond acceptors (Lipinski definition) is 4. The van der Waals surface area contributed by atoms with E-state index in [4.69, 9.17) is 23.2 Å². The quantitative estimate of drug-likeness (QED) is 0.860. The first-order chi connectivity index (χ1) is 9.06. The molecule has 3 heterocycles. The molecule has 2 unspecified atom stereocenters. The predicted molar refractivity (Wildman–Crippen MR) is 70.3 cm³/mol. The number of nitrogens with zero attached hydrogens (tertiary/aromatic N) is 3. The number of halogens is 2. The molecule has 102 valence electrons. The molecular weight excluding hydrogens is 289 g/mol. The molecule has 2 aliphatic rings. The zero-order valence-electron chi connectivity index (χ0n) is 10.1. The molecule has 0 saturated carbocycles. The molecule has 2 bridgehead atoms. The van der Waals surface area contributed by atoms with Crippen LogP contribution in [0.25, 0.3) is 0 Å². The van der Waals surface area contributed by atoms with Crippen LogP contribution in [0, 0.1) is 0 Å². The summed E-state index contributed by atoms with van der Waals surface area (Å²) in [7, 11) is 0. The van der Waals surface area contributed by atoms with Gasteiger partial charge in [0.05, 0.1) is 11.7 Å². The van der Waals surface area contributed by atoms with E-state index >= 15 is 0 Å². The van der Waals surface area contributed by atoms with Gasteiger partial charge in [-0.25, -0.2) is 0 Å². The second-order valence-electron chi connectivity index (χ2n) is 5.09. The first kappa shape index (κ1) is 13.1. The minimum atomic E-state index is -0.309. The maximum atomic E-state index is 12.6. The standard InChI is InChI=1S/C12H13Cl2N3O2/c13-10-5-9(11(14)16-15-10)12(19)17-6-1-2-7(17)4-8(18)3-6/h5-8,18H,1-4H2. The number of carbonyl (C=O) groups is 1. The van der Waals surface area contributed by atoms with Crippen molar-refractivity contribution in [2.24, 2.45) is 0 Å². The molecule has 1 aromatic heterocycles. The number of hydrogen-bond donors (Lipinski definition) is 1. The Morgan fingerprint density at radius 1 is 1.26 bits per heavy atom. The van der Waals surface area contributed by atoms with E-state index in [0.29, 0.717) is 12.8 Å². The number of piperidine rings is 1. The average molecular weight is 302 g/mol. The zero-order chi connectivity index (χ0) is 13.6.